The van der Waals surface area contributed by atoms with E-state index in [1.54, 1.807) is 22.3 Å². The summed E-state index contributed by atoms with van der Waals surface area (Å²) in [5.74, 6) is 0. The smallest absolute Gasteiger partial charge is 0.00138 e. The summed E-state index contributed by atoms with van der Waals surface area (Å²) in [6.07, 6.45) is 8.58. The van der Waals surface area contributed by atoms with E-state index in [2.05, 4.69) is 88.4 Å². The normalized spacial score (nSPS) is 13.6. The molecule has 0 fully saturated rings. The number of hydrogen-bond acceptors (Lipinski definition) is 0. The van der Waals surface area contributed by atoms with Crippen LogP contribution < -0.4 is 0 Å². The van der Waals surface area contributed by atoms with Gasteiger partial charge in [0.1, 0.15) is 0 Å². The van der Waals surface area contributed by atoms with Gasteiger partial charge in [-0.2, -0.15) is 0 Å². The van der Waals surface area contributed by atoms with Gasteiger partial charge in [0.15, 0.2) is 0 Å². The zero-order chi connectivity index (χ0) is 24.8. The highest BCUT2D eigenvalue weighted by Crippen LogP contribution is 2.43. The van der Waals surface area contributed by atoms with Crippen molar-refractivity contribution in [3.8, 4) is 11.1 Å². The highest BCUT2D eigenvalue weighted by Gasteiger charge is 2.27. The van der Waals surface area contributed by atoms with E-state index in [9.17, 15) is 0 Å². The second kappa shape index (κ2) is 9.40. The Hall–Kier alpha value is -3.12. The maximum atomic E-state index is 2.41. The van der Waals surface area contributed by atoms with Crippen LogP contribution in [0.1, 0.15) is 94.5 Å². The third-order valence-corrected chi connectivity index (χ3v) is 8.97. The third kappa shape index (κ3) is 3.65. The van der Waals surface area contributed by atoms with E-state index in [-0.39, 0.29) is 0 Å². The topological polar surface area (TPSA) is 0 Å². The molecule has 6 rings (SSSR count). The molecule has 0 bridgehead atoms. The Morgan fingerprint density at radius 1 is 0.389 bits per heavy atom. The van der Waals surface area contributed by atoms with E-state index in [0.29, 0.717) is 0 Å². The fourth-order valence-corrected chi connectivity index (χ4v) is 7.09. The first-order valence-corrected chi connectivity index (χ1v) is 14.1. The van der Waals surface area contributed by atoms with Gasteiger partial charge >= 0.3 is 0 Å². The summed E-state index contributed by atoms with van der Waals surface area (Å²) in [5.41, 5.74) is 21.6. The van der Waals surface area contributed by atoms with Crippen molar-refractivity contribution in [2.24, 2.45) is 0 Å². The van der Waals surface area contributed by atoms with Gasteiger partial charge in [-0.15, -0.1) is 0 Å². The maximum Gasteiger partial charge on any atom is -0.00138 e. The van der Waals surface area contributed by atoms with Crippen molar-refractivity contribution >= 4 is 0 Å². The van der Waals surface area contributed by atoms with Crippen LogP contribution in [-0.2, 0) is 51.4 Å². The van der Waals surface area contributed by atoms with Crippen LogP contribution in [0.15, 0.2) is 60.7 Å². The number of fused-ring (bicyclic) bond motifs is 2. The molecule has 0 heteroatoms. The predicted octanol–water partition coefficient (Wildman–Crippen LogP) is 8.59. The van der Waals surface area contributed by atoms with Crippen molar-refractivity contribution in [2.45, 2.75) is 79.1 Å². The fraction of sp³-hybridized carbons (Fsp3) is 0.333. The average Bonchev–Trinajstić information content (AvgIpc) is 2.88. The highest BCUT2D eigenvalue weighted by atomic mass is 14.3. The number of aryl methyl sites for hydroxylation is 4. The Morgan fingerprint density at radius 3 is 0.861 bits per heavy atom. The molecule has 0 nitrogen and oxygen atoms in total. The van der Waals surface area contributed by atoms with E-state index in [0.717, 1.165) is 51.4 Å². The molecule has 0 aromatic heterocycles. The van der Waals surface area contributed by atoms with Crippen molar-refractivity contribution in [3.05, 3.63) is 127 Å². The minimum Gasteiger partial charge on any atom is -0.0617 e. The summed E-state index contributed by atoms with van der Waals surface area (Å²) in [6.45, 7) is 9.26. The van der Waals surface area contributed by atoms with Crippen LogP contribution in [0.5, 0.6) is 0 Å². The molecule has 0 amide bonds. The molecule has 4 aromatic rings. The minimum absolute atomic E-state index is 1.05. The molecule has 182 valence electrons. The molecule has 2 aliphatic carbocycles. The van der Waals surface area contributed by atoms with Gasteiger partial charge in [0, 0.05) is 0 Å². The molecule has 4 aromatic carbocycles. The second-order valence-corrected chi connectivity index (χ2v) is 10.7. The zero-order valence-corrected chi connectivity index (χ0v) is 22.4. The van der Waals surface area contributed by atoms with Gasteiger partial charge in [-0.3, -0.25) is 0 Å². The molecule has 0 unspecified atom stereocenters. The van der Waals surface area contributed by atoms with Crippen LogP contribution in [0.4, 0.5) is 0 Å². The quantitative estimate of drug-likeness (QED) is 0.242. The first-order chi connectivity index (χ1) is 17.7. The Labute approximate surface area is 217 Å². The second-order valence-electron chi connectivity index (χ2n) is 10.7. The van der Waals surface area contributed by atoms with Gasteiger partial charge in [0.25, 0.3) is 0 Å². The van der Waals surface area contributed by atoms with Crippen molar-refractivity contribution in [2.75, 3.05) is 0 Å². The molecule has 0 spiro atoms. The lowest BCUT2D eigenvalue weighted by molar-refractivity contribution is 0.941. The monoisotopic (exact) mass is 470 g/mol. The summed E-state index contributed by atoms with van der Waals surface area (Å²) in [6, 6.07) is 23.9. The molecule has 0 saturated heterocycles. The van der Waals surface area contributed by atoms with Gasteiger partial charge in [0.2, 0.25) is 0 Å². The van der Waals surface area contributed by atoms with Gasteiger partial charge in [-0.1, -0.05) is 88.4 Å². The Kier molecular flexibility index (Phi) is 6.08. The summed E-state index contributed by atoms with van der Waals surface area (Å²) in [5, 5.41) is 0. The Balaban J connectivity index is 1.69. The molecule has 0 atom stereocenters. The van der Waals surface area contributed by atoms with E-state index >= 15 is 0 Å². The number of benzene rings is 4. The van der Waals surface area contributed by atoms with Gasteiger partial charge in [0.05, 0.1) is 0 Å². The van der Waals surface area contributed by atoms with E-state index in [4.69, 9.17) is 0 Å². The van der Waals surface area contributed by atoms with E-state index in [1.807, 2.05) is 0 Å². The summed E-state index contributed by atoms with van der Waals surface area (Å²) in [4.78, 5) is 0. The Morgan fingerprint density at radius 2 is 0.639 bits per heavy atom. The van der Waals surface area contributed by atoms with Crippen LogP contribution in [0.2, 0.25) is 0 Å². The molecule has 36 heavy (non-hydrogen) atoms. The molecule has 0 radical (unpaired) electrons. The van der Waals surface area contributed by atoms with Crippen molar-refractivity contribution in [1.29, 1.82) is 0 Å². The maximum absolute atomic E-state index is 2.41. The van der Waals surface area contributed by atoms with Crippen molar-refractivity contribution in [3.63, 3.8) is 0 Å². The molecule has 0 saturated carbocycles. The molecule has 0 heterocycles. The first-order valence-electron chi connectivity index (χ1n) is 14.1. The summed E-state index contributed by atoms with van der Waals surface area (Å²) >= 11 is 0. The van der Waals surface area contributed by atoms with Gasteiger partial charge in [-0.25, -0.2) is 0 Å². The van der Waals surface area contributed by atoms with Crippen LogP contribution in [-0.4, -0.2) is 0 Å². The lowest BCUT2D eigenvalue weighted by Crippen LogP contribution is -2.15. The van der Waals surface area contributed by atoms with Crippen LogP contribution in [0.25, 0.3) is 11.1 Å². The molecule has 2 aliphatic rings. The largest absolute Gasteiger partial charge is 0.0617 e. The van der Waals surface area contributed by atoms with E-state index < -0.39 is 0 Å². The molecule has 0 N–H and O–H groups in total. The van der Waals surface area contributed by atoms with Gasteiger partial charge in [-0.05, 0) is 129 Å². The molecular formula is C36H38. The lowest BCUT2D eigenvalue weighted by atomic mass is 9.74. The van der Waals surface area contributed by atoms with E-state index in [1.165, 1.54) is 55.6 Å². The summed E-state index contributed by atoms with van der Waals surface area (Å²) < 4.78 is 0. The van der Waals surface area contributed by atoms with Crippen molar-refractivity contribution in [1.82, 2.24) is 0 Å². The standard InChI is InChI=1S/C36H38/c1-5-23-15-16-24(6-2)32-20-28-12-10-14-30-22-34-26(8-4)18-17-25(7-3)33(34)21-29-13-9-11-27(19-31(23)32)35(29)36(28)30/h9-18H,5-8,19-22H2,1-4H3. The summed E-state index contributed by atoms with van der Waals surface area (Å²) in [7, 11) is 0. The minimum atomic E-state index is 1.05. The van der Waals surface area contributed by atoms with Crippen LogP contribution >= 0.6 is 0 Å². The average molecular weight is 471 g/mol. The fourth-order valence-electron chi connectivity index (χ4n) is 7.09. The number of hydrogen-bond donors (Lipinski definition) is 0. The van der Waals surface area contributed by atoms with Crippen LogP contribution in [0, 0.1) is 0 Å². The zero-order valence-electron chi connectivity index (χ0n) is 22.4. The highest BCUT2D eigenvalue weighted by molar-refractivity contribution is 5.81. The predicted molar refractivity (Wildman–Crippen MR) is 153 cm³/mol. The van der Waals surface area contributed by atoms with Gasteiger partial charge < -0.3 is 0 Å². The third-order valence-electron chi connectivity index (χ3n) is 8.97. The number of rotatable bonds is 4. The first kappa shape index (κ1) is 23.3. The van der Waals surface area contributed by atoms with Crippen molar-refractivity contribution < 1.29 is 0 Å². The molecular weight excluding hydrogens is 432 g/mol. The SMILES string of the molecule is CCc1ccc(CC)c2c1Cc1cccc3c1-c1c(cccc1Cc1c(CC)ccc(CC)c1C3)C2. The Bertz CT molecular complexity index is 1250. The molecule has 0 aliphatic heterocycles. The lowest BCUT2D eigenvalue weighted by Gasteiger charge is -2.30. The van der Waals surface area contributed by atoms with Crippen LogP contribution in [0.3, 0.4) is 0 Å².